The Morgan fingerprint density at radius 1 is 1.38 bits per heavy atom. The summed E-state index contributed by atoms with van der Waals surface area (Å²) in [6.07, 6.45) is 2.59. The van der Waals surface area contributed by atoms with Crippen LogP contribution in [-0.4, -0.2) is 35.0 Å². The van der Waals surface area contributed by atoms with E-state index in [2.05, 4.69) is 20.4 Å². The fourth-order valence-electron chi connectivity index (χ4n) is 1.73. The summed E-state index contributed by atoms with van der Waals surface area (Å²) in [6, 6.07) is 2.52. The maximum absolute atomic E-state index is 12.3. The van der Waals surface area contributed by atoms with Gasteiger partial charge in [0.2, 0.25) is 0 Å². The summed E-state index contributed by atoms with van der Waals surface area (Å²) in [5.74, 6) is -0.564. The molecule has 0 saturated heterocycles. The molecule has 0 spiro atoms. The third-order valence-electron chi connectivity index (χ3n) is 2.71. The van der Waals surface area contributed by atoms with Gasteiger partial charge in [0.05, 0.1) is 18.9 Å². The van der Waals surface area contributed by atoms with Crippen molar-refractivity contribution in [2.75, 3.05) is 19.0 Å². The Morgan fingerprint density at radius 2 is 2.14 bits per heavy atom. The topological polar surface area (TPSA) is 102 Å². The van der Waals surface area contributed by atoms with Crippen molar-refractivity contribution < 1.29 is 14.3 Å². The molecule has 0 atom stereocenters. The van der Waals surface area contributed by atoms with Crippen molar-refractivity contribution in [1.29, 1.82) is 0 Å². The molecule has 2 aromatic heterocycles. The minimum absolute atomic E-state index is 0.0143. The molecule has 110 valence electrons. The van der Waals surface area contributed by atoms with Crippen LogP contribution in [0.25, 0.3) is 5.65 Å². The number of hydrogen-bond acceptors (Lipinski definition) is 5. The zero-order chi connectivity index (χ0) is 15.4. The molecule has 0 fully saturated rings. The van der Waals surface area contributed by atoms with Crippen LogP contribution >= 0.6 is 0 Å². The summed E-state index contributed by atoms with van der Waals surface area (Å²) in [4.78, 5) is 39.2. The van der Waals surface area contributed by atoms with Crippen LogP contribution in [0.5, 0.6) is 0 Å². The first-order chi connectivity index (χ1) is 10.1. The number of hydrogen-bond donors (Lipinski definition) is 2. The van der Waals surface area contributed by atoms with E-state index in [0.29, 0.717) is 12.2 Å². The smallest absolute Gasteiger partial charge is 0.339 e. The molecule has 8 heteroatoms. The highest BCUT2D eigenvalue weighted by Crippen LogP contribution is 2.06. The summed E-state index contributed by atoms with van der Waals surface area (Å²) in [6.45, 7) is 2.19. The first-order valence-corrected chi connectivity index (χ1v) is 6.21. The Balaban J connectivity index is 2.47. The number of ether oxygens (including phenoxy) is 1. The maximum Gasteiger partial charge on any atom is 0.339 e. The minimum Gasteiger partial charge on any atom is -0.465 e. The van der Waals surface area contributed by atoms with E-state index in [1.54, 1.807) is 6.92 Å². The van der Waals surface area contributed by atoms with E-state index >= 15 is 0 Å². The number of carbonyl (C=O) groups is 2. The normalized spacial score (nSPS) is 10.2. The fraction of sp³-hybridized carbons (Fsp3) is 0.231. The van der Waals surface area contributed by atoms with E-state index in [9.17, 15) is 14.4 Å². The molecule has 2 N–H and O–H groups in total. The lowest BCUT2D eigenvalue weighted by Gasteiger charge is -2.07. The van der Waals surface area contributed by atoms with Crippen LogP contribution in [0.4, 0.5) is 10.5 Å². The van der Waals surface area contributed by atoms with Gasteiger partial charge in [-0.1, -0.05) is 0 Å². The number of carbonyl (C=O) groups excluding carboxylic acids is 2. The second kappa shape index (κ2) is 6.04. The monoisotopic (exact) mass is 290 g/mol. The van der Waals surface area contributed by atoms with Gasteiger partial charge in [-0.15, -0.1) is 0 Å². The number of aromatic nitrogens is 2. The third kappa shape index (κ3) is 2.99. The fourth-order valence-corrected chi connectivity index (χ4v) is 1.73. The van der Waals surface area contributed by atoms with Crippen LogP contribution in [0.2, 0.25) is 0 Å². The van der Waals surface area contributed by atoms with Gasteiger partial charge in [-0.25, -0.2) is 14.6 Å². The average molecular weight is 290 g/mol. The number of anilines is 1. The maximum atomic E-state index is 12.3. The van der Waals surface area contributed by atoms with Crippen molar-refractivity contribution in [2.45, 2.75) is 6.92 Å². The van der Waals surface area contributed by atoms with Crippen LogP contribution in [0.1, 0.15) is 17.3 Å². The van der Waals surface area contributed by atoms with E-state index in [1.165, 1.54) is 36.0 Å². The quantitative estimate of drug-likeness (QED) is 0.807. The molecule has 0 aliphatic heterocycles. The zero-order valence-corrected chi connectivity index (χ0v) is 11.5. The van der Waals surface area contributed by atoms with Gasteiger partial charge in [0, 0.05) is 12.7 Å². The van der Waals surface area contributed by atoms with Crippen molar-refractivity contribution in [2.24, 2.45) is 0 Å². The molecule has 0 unspecified atom stereocenters. The number of pyridine rings is 1. The Hall–Kier alpha value is -2.90. The second-order valence-electron chi connectivity index (χ2n) is 4.10. The van der Waals surface area contributed by atoms with Crippen molar-refractivity contribution in [3.63, 3.8) is 0 Å². The average Bonchev–Trinajstić information content (AvgIpc) is 2.49. The van der Waals surface area contributed by atoms with Crippen molar-refractivity contribution in [1.82, 2.24) is 14.7 Å². The van der Waals surface area contributed by atoms with Crippen molar-refractivity contribution in [3.05, 3.63) is 40.4 Å². The summed E-state index contributed by atoms with van der Waals surface area (Å²) >= 11 is 0. The highest BCUT2D eigenvalue weighted by molar-refractivity contribution is 5.90. The van der Waals surface area contributed by atoms with Gasteiger partial charge < -0.3 is 15.4 Å². The first-order valence-electron chi connectivity index (χ1n) is 6.21. The van der Waals surface area contributed by atoms with Crippen LogP contribution in [0, 0.1) is 0 Å². The number of esters is 1. The number of fused-ring (bicyclic) bond motifs is 1. The van der Waals surface area contributed by atoms with Gasteiger partial charge >= 0.3 is 12.0 Å². The molecule has 2 rings (SSSR count). The van der Waals surface area contributed by atoms with Gasteiger partial charge in [-0.3, -0.25) is 9.20 Å². The minimum atomic E-state index is -0.564. The molecule has 0 aliphatic rings. The number of rotatable bonds is 3. The number of nitrogens with zero attached hydrogens (tertiary/aromatic N) is 2. The van der Waals surface area contributed by atoms with Crippen molar-refractivity contribution in [3.8, 4) is 0 Å². The Labute approximate surface area is 119 Å². The standard InChI is InChI=1S/C13H14N4O4/c1-3-14-13(20)16-9-6-15-10-5-4-8(12(19)21-2)7-17(10)11(9)18/h4-7H,3H2,1-2H3,(H2,14,16,20). The molecule has 0 aromatic carbocycles. The lowest BCUT2D eigenvalue weighted by atomic mass is 10.3. The van der Waals surface area contributed by atoms with E-state index in [1.807, 2.05) is 0 Å². The largest absolute Gasteiger partial charge is 0.465 e. The molecule has 21 heavy (non-hydrogen) atoms. The van der Waals surface area contributed by atoms with Crippen LogP contribution in [0.3, 0.4) is 0 Å². The molecule has 2 aromatic rings. The second-order valence-corrected chi connectivity index (χ2v) is 4.10. The SMILES string of the molecule is CCNC(=O)Nc1cnc2ccc(C(=O)OC)cn2c1=O. The third-order valence-corrected chi connectivity index (χ3v) is 2.71. The molecular formula is C13H14N4O4. The van der Waals surface area contributed by atoms with Crippen molar-refractivity contribution >= 4 is 23.3 Å². The zero-order valence-electron chi connectivity index (χ0n) is 11.5. The highest BCUT2D eigenvalue weighted by atomic mass is 16.5. The van der Waals surface area contributed by atoms with Crippen LogP contribution in [0.15, 0.2) is 29.3 Å². The number of urea groups is 1. The summed E-state index contributed by atoms with van der Waals surface area (Å²) in [7, 11) is 1.25. The van der Waals surface area contributed by atoms with E-state index in [4.69, 9.17) is 0 Å². The predicted molar refractivity (Wildman–Crippen MR) is 75.5 cm³/mol. The molecule has 0 saturated carbocycles. The van der Waals surface area contributed by atoms with Gasteiger partial charge in [-0.2, -0.15) is 0 Å². The van der Waals surface area contributed by atoms with Gasteiger partial charge in [0.25, 0.3) is 5.56 Å². The lowest BCUT2D eigenvalue weighted by Crippen LogP contribution is -2.31. The molecule has 0 bridgehead atoms. The molecule has 2 amide bonds. The first kappa shape index (κ1) is 14.5. The Bertz CT molecular complexity index is 753. The summed E-state index contributed by atoms with van der Waals surface area (Å²) < 4.78 is 5.77. The molecule has 0 aliphatic carbocycles. The Morgan fingerprint density at radius 3 is 2.81 bits per heavy atom. The van der Waals surface area contributed by atoms with Gasteiger partial charge in [0.15, 0.2) is 0 Å². The molecule has 0 radical (unpaired) electrons. The highest BCUT2D eigenvalue weighted by Gasteiger charge is 2.11. The number of nitrogens with one attached hydrogen (secondary N) is 2. The van der Waals surface area contributed by atoms with E-state index in [0.717, 1.165) is 0 Å². The number of methoxy groups -OCH3 is 1. The predicted octanol–water partition coefficient (Wildman–Crippen LogP) is 0.623. The number of amides is 2. The van der Waals surface area contributed by atoms with E-state index < -0.39 is 17.6 Å². The van der Waals surface area contributed by atoms with Crippen LogP contribution < -0.4 is 16.2 Å². The molecule has 2 heterocycles. The summed E-state index contributed by atoms with van der Waals surface area (Å²) in [5.41, 5.74) is 0.0932. The van der Waals surface area contributed by atoms with Gasteiger partial charge in [0.1, 0.15) is 11.3 Å². The molecular weight excluding hydrogens is 276 g/mol. The van der Waals surface area contributed by atoms with Gasteiger partial charge in [-0.05, 0) is 19.1 Å². The summed E-state index contributed by atoms with van der Waals surface area (Å²) in [5, 5.41) is 4.91. The lowest BCUT2D eigenvalue weighted by molar-refractivity contribution is 0.0600. The van der Waals surface area contributed by atoms with Crippen LogP contribution in [-0.2, 0) is 4.74 Å². The van der Waals surface area contributed by atoms with E-state index in [-0.39, 0.29) is 11.3 Å². The molecule has 8 nitrogen and oxygen atoms in total. The Kier molecular flexibility index (Phi) is 4.17.